The fraction of sp³-hybridized carbons (Fsp3) is 0.0698. The Bertz CT molecular complexity index is 2320. The zero-order valence-electron chi connectivity index (χ0n) is 26.1. The minimum atomic E-state index is -0.171. The van der Waals surface area contributed by atoms with E-state index in [1.54, 1.807) is 0 Å². The van der Waals surface area contributed by atoms with Gasteiger partial charge in [-0.05, 0) is 68.8 Å². The van der Waals surface area contributed by atoms with Gasteiger partial charge >= 0.3 is 0 Å². The van der Waals surface area contributed by atoms with Gasteiger partial charge in [-0.3, -0.25) is 0 Å². The molecule has 0 saturated carbocycles. The number of nitriles is 1. The quantitative estimate of drug-likeness (QED) is 0.197. The zero-order valence-corrected chi connectivity index (χ0v) is 26.1. The third kappa shape index (κ3) is 5.09. The van der Waals surface area contributed by atoms with Gasteiger partial charge in [0.15, 0.2) is 17.5 Å². The summed E-state index contributed by atoms with van der Waals surface area (Å²) in [5.41, 5.74) is 12.7. The Hall–Kier alpha value is -6.18. The Balaban J connectivity index is 1.20. The Morgan fingerprint density at radius 1 is 0.426 bits per heavy atom. The molecule has 47 heavy (non-hydrogen) atoms. The van der Waals surface area contributed by atoms with Crippen molar-refractivity contribution in [2.24, 2.45) is 0 Å². The molecule has 6 aromatic carbocycles. The molecule has 1 aliphatic carbocycles. The summed E-state index contributed by atoms with van der Waals surface area (Å²) in [5.74, 6) is 1.89. The van der Waals surface area contributed by atoms with Crippen molar-refractivity contribution in [3.05, 3.63) is 162 Å². The lowest BCUT2D eigenvalue weighted by Gasteiger charge is -2.22. The van der Waals surface area contributed by atoms with Crippen LogP contribution >= 0.6 is 0 Å². The molecule has 1 aromatic heterocycles. The second-order valence-electron chi connectivity index (χ2n) is 12.5. The van der Waals surface area contributed by atoms with E-state index in [9.17, 15) is 5.26 Å². The van der Waals surface area contributed by atoms with Crippen molar-refractivity contribution >= 4 is 0 Å². The number of rotatable bonds is 5. The molecule has 0 N–H and O–H groups in total. The lowest BCUT2D eigenvalue weighted by molar-refractivity contribution is 0.660. The van der Waals surface area contributed by atoms with E-state index in [4.69, 9.17) is 15.0 Å². The van der Waals surface area contributed by atoms with E-state index in [0.29, 0.717) is 23.0 Å². The number of hydrogen-bond acceptors (Lipinski definition) is 4. The summed E-state index contributed by atoms with van der Waals surface area (Å²) in [7, 11) is 0. The highest BCUT2D eigenvalue weighted by Gasteiger charge is 2.35. The predicted octanol–water partition coefficient (Wildman–Crippen LogP) is 10.4. The molecule has 0 bridgehead atoms. The van der Waals surface area contributed by atoms with Crippen LogP contribution in [0.15, 0.2) is 146 Å². The standard InChI is InChI=1S/C43H30N4/c1-43(2)38-23-16-28(27-44)24-37(38)36-22-21-34(26-39(36)43)33-14-9-15-35(25-33)42-46-40(31-12-7-4-8-13-31)45-41(47-42)32-19-17-30(18-20-32)29-10-5-3-6-11-29/h3-26H,1-2H3. The molecule has 0 amide bonds. The monoisotopic (exact) mass is 602 g/mol. The molecule has 0 radical (unpaired) electrons. The van der Waals surface area contributed by atoms with Crippen LogP contribution in [-0.2, 0) is 5.41 Å². The maximum Gasteiger partial charge on any atom is 0.164 e. The lowest BCUT2D eigenvalue weighted by atomic mass is 9.81. The van der Waals surface area contributed by atoms with Gasteiger partial charge in [-0.1, -0.05) is 135 Å². The number of hydrogen-bond donors (Lipinski definition) is 0. The molecule has 8 rings (SSSR count). The molecule has 0 aliphatic heterocycles. The molecular formula is C43H30N4. The van der Waals surface area contributed by atoms with Crippen molar-refractivity contribution in [1.29, 1.82) is 5.26 Å². The van der Waals surface area contributed by atoms with Crippen molar-refractivity contribution in [3.8, 4) is 73.6 Å². The van der Waals surface area contributed by atoms with Gasteiger partial charge in [0.05, 0.1) is 11.6 Å². The third-order valence-electron chi connectivity index (χ3n) is 9.18. The van der Waals surface area contributed by atoms with Gasteiger partial charge in [0.25, 0.3) is 0 Å². The minimum Gasteiger partial charge on any atom is -0.208 e. The van der Waals surface area contributed by atoms with Gasteiger partial charge in [-0.2, -0.15) is 5.26 Å². The Kier molecular flexibility index (Phi) is 6.82. The maximum absolute atomic E-state index is 9.51. The first-order chi connectivity index (χ1) is 23.0. The molecule has 1 aliphatic rings. The fourth-order valence-electron chi connectivity index (χ4n) is 6.63. The van der Waals surface area contributed by atoms with E-state index in [0.717, 1.165) is 38.9 Å². The largest absolute Gasteiger partial charge is 0.208 e. The Morgan fingerprint density at radius 3 is 1.62 bits per heavy atom. The van der Waals surface area contributed by atoms with Crippen LogP contribution < -0.4 is 0 Å². The fourth-order valence-corrected chi connectivity index (χ4v) is 6.63. The third-order valence-corrected chi connectivity index (χ3v) is 9.18. The summed E-state index contributed by atoms with van der Waals surface area (Å²) >= 11 is 0. The molecule has 0 fully saturated rings. The Labute approximate surface area is 274 Å². The highest BCUT2D eigenvalue weighted by molar-refractivity contribution is 5.85. The van der Waals surface area contributed by atoms with E-state index in [-0.39, 0.29) is 5.41 Å². The van der Waals surface area contributed by atoms with E-state index in [1.807, 2.05) is 48.5 Å². The topological polar surface area (TPSA) is 62.5 Å². The van der Waals surface area contributed by atoms with Crippen LogP contribution in [0.1, 0.15) is 30.5 Å². The molecule has 4 heteroatoms. The van der Waals surface area contributed by atoms with Crippen molar-refractivity contribution in [2.45, 2.75) is 19.3 Å². The average Bonchev–Trinajstić information content (AvgIpc) is 3.37. The van der Waals surface area contributed by atoms with Crippen molar-refractivity contribution in [3.63, 3.8) is 0 Å². The van der Waals surface area contributed by atoms with Crippen LogP contribution in [0.5, 0.6) is 0 Å². The second-order valence-corrected chi connectivity index (χ2v) is 12.5. The molecule has 222 valence electrons. The predicted molar refractivity (Wildman–Crippen MR) is 189 cm³/mol. The van der Waals surface area contributed by atoms with Crippen LogP contribution in [0.4, 0.5) is 0 Å². The van der Waals surface area contributed by atoms with Crippen molar-refractivity contribution < 1.29 is 0 Å². The molecule has 0 atom stereocenters. The molecule has 0 spiro atoms. The van der Waals surface area contributed by atoms with Crippen LogP contribution in [0.2, 0.25) is 0 Å². The van der Waals surface area contributed by atoms with E-state index >= 15 is 0 Å². The summed E-state index contributed by atoms with van der Waals surface area (Å²) in [6.07, 6.45) is 0. The maximum atomic E-state index is 9.51. The first-order valence-electron chi connectivity index (χ1n) is 15.8. The lowest BCUT2D eigenvalue weighted by Crippen LogP contribution is -2.15. The summed E-state index contributed by atoms with van der Waals surface area (Å²) in [6.45, 7) is 4.52. The van der Waals surface area contributed by atoms with Crippen LogP contribution in [0.25, 0.3) is 67.5 Å². The SMILES string of the molecule is CC1(C)c2ccc(C#N)cc2-c2ccc(-c3cccc(-c4nc(-c5ccccc5)nc(-c5ccc(-c6ccccc6)cc5)n4)c3)cc21. The minimum absolute atomic E-state index is 0.171. The van der Waals surface area contributed by atoms with Gasteiger partial charge in [0.1, 0.15) is 0 Å². The van der Waals surface area contributed by atoms with E-state index in [1.165, 1.54) is 22.3 Å². The molecule has 0 saturated heterocycles. The highest BCUT2D eigenvalue weighted by atomic mass is 15.0. The number of nitrogens with zero attached hydrogens (tertiary/aromatic N) is 4. The summed E-state index contributed by atoms with van der Waals surface area (Å²) in [5, 5.41) is 9.51. The van der Waals surface area contributed by atoms with Gasteiger partial charge in [0.2, 0.25) is 0 Å². The Morgan fingerprint density at radius 2 is 0.936 bits per heavy atom. The second kappa shape index (κ2) is 11.3. The molecule has 1 heterocycles. The normalized spacial score (nSPS) is 12.6. The summed E-state index contributed by atoms with van der Waals surface area (Å²) in [4.78, 5) is 14.9. The smallest absolute Gasteiger partial charge is 0.164 e. The van der Waals surface area contributed by atoms with E-state index < -0.39 is 0 Å². The van der Waals surface area contributed by atoms with Crippen LogP contribution in [-0.4, -0.2) is 15.0 Å². The molecule has 7 aromatic rings. The summed E-state index contributed by atoms with van der Waals surface area (Å²) < 4.78 is 0. The summed E-state index contributed by atoms with van der Waals surface area (Å²) in [6, 6.07) is 52.2. The first kappa shape index (κ1) is 28.3. The van der Waals surface area contributed by atoms with Crippen molar-refractivity contribution in [2.75, 3.05) is 0 Å². The van der Waals surface area contributed by atoms with Gasteiger partial charge < -0.3 is 0 Å². The zero-order chi connectivity index (χ0) is 32.0. The van der Waals surface area contributed by atoms with Crippen LogP contribution in [0, 0.1) is 11.3 Å². The highest BCUT2D eigenvalue weighted by Crippen LogP contribution is 2.50. The molecular weight excluding hydrogens is 573 g/mol. The number of aromatic nitrogens is 3. The van der Waals surface area contributed by atoms with E-state index in [2.05, 4.69) is 117 Å². The van der Waals surface area contributed by atoms with Gasteiger partial charge in [0, 0.05) is 22.1 Å². The number of benzene rings is 6. The average molecular weight is 603 g/mol. The van der Waals surface area contributed by atoms with Crippen LogP contribution in [0.3, 0.4) is 0 Å². The molecule has 4 nitrogen and oxygen atoms in total. The molecule has 0 unspecified atom stereocenters. The first-order valence-corrected chi connectivity index (χ1v) is 15.8. The van der Waals surface area contributed by atoms with Gasteiger partial charge in [-0.25, -0.2) is 15.0 Å². The van der Waals surface area contributed by atoms with Crippen molar-refractivity contribution in [1.82, 2.24) is 15.0 Å². The van der Waals surface area contributed by atoms with Gasteiger partial charge in [-0.15, -0.1) is 0 Å². The number of fused-ring (bicyclic) bond motifs is 3.